The van der Waals surface area contributed by atoms with Gasteiger partial charge in [0.05, 0.1) is 18.8 Å². The SMILES string of the molecule is COCC(CNCC(C)C)n1cc(C)cn1. The molecule has 1 aromatic heterocycles. The molecule has 0 saturated carbocycles. The second kappa shape index (κ2) is 6.66. The maximum Gasteiger partial charge on any atom is 0.0876 e. The minimum Gasteiger partial charge on any atom is -0.382 e. The van der Waals surface area contributed by atoms with Gasteiger partial charge in [0.2, 0.25) is 0 Å². The first-order valence-electron chi connectivity index (χ1n) is 5.84. The van der Waals surface area contributed by atoms with Crippen molar-refractivity contribution in [3.05, 3.63) is 18.0 Å². The van der Waals surface area contributed by atoms with Crippen LogP contribution in [0, 0.1) is 12.8 Å². The summed E-state index contributed by atoms with van der Waals surface area (Å²) in [4.78, 5) is 0. The molecular weight excluding hydrogens is 202 g/mol. The van der Waals surface area contributed by atoms with Gasteiger partial charge in [-0.1, -0.05) is 13.8 Å². The third kappa shape index (κ3) is 4.33. The average Bonchev–Trinajstić information content (AvgIpc) is 2.63. The third-order valence-corrected chi connectivity index (χ3v) is 2.40. The Labute approximate surface area is 98.0 Å². The number of nitrogens with zero attached hydrogens (tertiary/aromatic N) is 2. The normalized spacial score (nSPS) is 13.3. The molecule has 1 atom stereocenters. The summed E-state index contributed by atoms with van der Waals surface area (Å²) < 4.78 is 7.20. The first kappa shape index (κ1) is 13.2. The van der Waals surface area contributed by atoms with Crippen LogP contribution in [0.25, 0.3) is 0 Å². The lowest BCUT2D eigenvalue weighted by atomic mass is 10.2. The van der Waals surface area contributed by atoms with E-state index in [1.807, 2.05) is 10.9 Å². The molecule has 1 aromatic rings. The van der Waals surface area contributed by atoms with Crippen LogP contribution in [0.1, 0.15) is 25.5 Å². The van der Waals surface area contributed by atoms with Crippen LogP contribution in [0.5, 0.6) is 0 Å². The van der Waals surface area contributed by atoms with Gasteiger partial charge in [-0.05, 0) is 24.9 Å². The van der Waals surface area contributed by atoms with E-state index in [1.165, 1.54) is 5.56 Å². The molecule has 0 aliphatic heterocycles. The topological polar surface area (TPSA) is 39.1 Å². The predicted octanol–water partition coefficient (Wildman–Crippen LogP) is 1.62. The maximum atomic E-state index is 5.22. The number of nitrogens with one attached hydrogen (secondary N) is 1. The zero-order valence-electron chi connectivity index (χ0n) is 10.7. The minimum atomic E-state index is 0.275. The van der Waals surface area contributed by atoms with Gasteiger partial charge in [0.1, 0.15) is 0 Å². The molecule has 0 radical (unpaired) electrons. The molecule has 1 heterocycles. The largest absolute Gasteiger partial charge is 0.382 e. The average molecular weight is 225 g/mol. The summed E-state index contributed by atoms with van der Waals surface area (Å²) in [6.45, 7) is 9.07. The molecule has 1 N–H and O–H groups in total. The van der Waals surface area contributed by atoms with Crippen molar-refractivity contribution in [3.8, 4) is 0 Å². The molecular formula is C12H23N3O. The van der Waals surface area contributed by atoms with Crippen LogP contribution in [-0.2, 0) is 4.74 Å². The molecule has 0 amide bonds. The van der Waals surface area contributed by atoms with Crippen LogP contribution in [0.2, 0.25) is 0 Å². The minimum absolute atomic E-state index is 0.275. The molecule has 16 heavy (non-hydrogen) atoms. The zero-order chi connectivity index (χ0) is 12.0. The fourth-order valence-corrected chi connectivity index (χ4v) is 1.59. The summed E-state index contributed by atoms with van der Waals surface area (Å²) in [6, 6.07) is 0.275. The monoisotopic (exact) mass is 225 g/mol. The fraction of sp³-hybridized carbons (Fsp3) is 0.750. The molecule has 0 saturated heterocycles. The number of hydrogen-bond acceptors (Lipinski definition) is 3. The van der Waals surface area contributed by atoms with Gasteiger partial charge in [-0.15, -0.1) is 0 Å². The molecule has 1 unspecified atom stereocenters. The molecule has 0 spiro atoms. The maximum absolute atomic E-state index is 5.22. The predicted molar refractivity (Wildman–Crippen MR) is 65.6 cm³/mol. The highest BCUT2D eigenvalue weighted by molar-refractivity contribution is 5.00. The van der Waals surface area contributed by atoms with E-state index in [4.69, 9.17) is 4.74 Å². The highest BCUT2D eigenvalue weighted by Crippen LogP contribution is 2.06. The second-order valence-corrected chi connectivity index (χ2v) is 4.66. The van der Waals surface area contributed by atoms with Gasteiger partial charge in [0.25, 0.3) is 0 Å². The van der Waals surface area contributed by atoms with Gasteiger partial charge < -0.3 is 10.1 Å². The van der Waals surface area contributed by atoms with E-state index in [-0.39, 0.29) is 6.04 Å². The molecule has 92 valence electrons. The number of rotatable bonds is 7. The Morgan fingerprint density at radius 2 is 2.19 bits per heavy atom. The van der Waals surface area contributed by atoms with E-state index in [1.54, 1.807) is 7.11 Å². The van der Waals surface area contributed by atoms with Gasteiger partial charge in [0.15, 0.2) is 0 Å². The van der Waals surface area contributed by atoms with Crippen molar-refractivity contribution in [2.24, 2.45) is 5.92 Å². The van der Waals surface area contributed by atoms with E-state index in [0.29, 0.717) is 12.5 Å². The number of methoxy groups -OCH3 is 1. The second-order valence-electron chi connectivity index (χ2n) is 4.66. The summed E-state index contributed by atoms with van der Waals surface area (Å²) in [6.07, 6.45) is 3.94. The smallest absolute Gasteiger partial charge is 0.0876 e. The Morgan fingerprint density at radius 1 is 1.44 bits per heavy atom. The van der Waals surface area contributed by atoms with Crippen molar-refractivity contribution >= 4 is 0 Å². The summed E-state index contributed by atoms with van der Waals surface area (Å²) in [5.41, 5.74) is 1.19. The first-order valence-corrected chi connectivity index (χ1v) is 5.84. The van der Waals surface area contributed by atoms with Gasteiger partial charge in [-0.3, -0.25) is 4.68 Å². The Morgan fingerprint density at radius 3 is 2.69 bits per heavy atom. The Kier molecular flexibility index (Phi) is 5.49. The molecule has 4 heteroatoms. The van der Waals surface area contributed by atoms with Crippen LogP contribution in [0.4, 0.5) is 0 Å². The van der Waals surface area contributed by atoms with E-state index >= 15 is 0 Å². The third-order valence-electron chi connectivity index (χ3n) is 2.40. The van der Waals surface area contributed by atoms with Crippen molar-refractivity contribution < 1.29 is 4.74 Å². The highest BCUT2D eigenvalue weighted by atomic mass is 16.5. The fourth-order valence-electron chi connectivity index (χ4n) is 1.59. The molecule has 0 aromatic carbocycles. The van der Waals surface area contributed by atoms with Crippen molar-refractivity contribution in [3.63, 3.8) is 0 Å². The van der Waals surface area contributed by atoms with E-state index in [9.17, 15) is 0 Å². The van der Waals surface area contributed by atoms with Gasteiger partial charge in [-0.25, -0.2) is 0 Å². The van der Waals surface area contributed by atoms with Crippen molar-refractivity contribution in [1.82, 2.24) is 15.1 Å². The quantitative estimate of drug-likeness (QED) is 0.766. The summed E-state index contributed by atoms with van der Waals surface area (Å²) >= 11 is 0. The first-order chi connectivity index (χ1) is 7.63. The molecule has 0 fully saturated rings. The Hall–Kier alpha value is -0.870. The molecule has 0 aliphatic carbocycles. The van der Waals surface area contributed by atoms with Crippen LogP contribution in [-0.4, -0.2) is 36.6 Å². The summed E-state index contributed by atoms with van der Waals surface area (Å²) in [7, 11) is 1.73. The molecule has 1 rings (SSSR count). The van der Waals surface area contributed by atoms with Crippen molar-refractivity contribution in [2.75, 3.05) is 26.8 Å². The number of aryl methyl sites for hydroxylation is 1. The summed E-state index contributed by atoms with van der Waals surface area (Å²) in [5, 5.41) is 7.77. The van der Waals surface area contributed by atoms with E-state index in [2.05, 4.69) is 37.4 Å². The summed E-state index contributed by atoms with van der Waals surface area (Å²) in [5.74, 6) is 0.669. The number of ether oxygens (including phenoxy) is 1. The van der Waals surface area contributed by atoms with Gasteiger partial charge >= 0.3 is 0 Å². The lowest BCUT2D eigenvalue weighted by molar-refractivity contribution is 0.147. The lowest BCUT2D eigenvalue weighted by Gasteiger charge is -2.18. The Bertz CT molecular complexity index is 296. The van der Waals surface area contributed by atoms with Crippen LogP contribution in [0.15, 0.2) is 12.4 Å². The molecule has 0 aliphatic rings. The number of aromatic nitrogens is 2. The molecule has 4 nitrogen and oxygen atoms in total. The lowest BCUT2D eigenvalue weighted by Crippen LogP contribution is -2.31. The number of hydrogen-bond donors (Lipinski definition) is 1. The van der Waals surface area contributed by atoms with Crippen LogP contribution < -0.4 is 5.32 Å². The standard InChI is InChI=1S/C12H23N3O/c1-10(2)5-13-7-12(9-16-4)15-8-11(3)6-14-15/h6,8,10,12-13H,5,7,9H2,1-4H3. The van der Waals surface area contributed by atoms with E-state index in [0.717, 1.165) is 13.1 Å². The van der Waals surface area contributed by atoms with Gasteiger partial charge in [0, 0.05) is 19.9 Å². The van der Waals surface area contributed by atoms with Crippen LogP contribution in [0.3, 0.4) is 0 Å². The van der Waals surface area contributed by atoms with Crippen molar-refractivity contribution in [2.45, 2.75) is 26.8 Å². The molecule has 0 bridgehead atoms. The van der Waals surface area contributed by atoms with E-state index < -0.39 is 0 Å². The zero-order valence-corrected chi connectivity index (χ0v) is 10.7. The highest BCUT2D eigenvalue weighted by Gasteiger charge is 2.11. The van der Waals surface area contributed by atoms with Crippen LogP contribution >= 0.6 is 0 Å². The Balaban J connectivity index is 2.47. The van der Waals surface area contributed by atoms with Crippen molar-refractivity contribution in [1.29, 1.82) is 0 Å². The van der Waals surface area contributed by atoms with Gasteiger partial charge in [-0.2, -0.15) is 5.10 Å².